The molecule has 3 amide bonds. The summed E-state index contributed by atoms with van der Waals surface area (Å²) < 4.78 is 5.04. The molecule has 1 fully saturated rings. The molecule has 0 aliphatic carbocycles. The van der Waals surface area contributed by atoms with Gasteiger partial charge >= 0.3 is 6.03 Å². The third-order valence-corrected chi connectivity index (χ3v) is 3.30. The monoisotopic (exact) mass is 307 g/mol. The first kappa shape index (κ1) is 16.3. The molecule has 1 atom stereocenters. The van der Waals surface area contributed by atoms with Gasteiger partial charge in [0.2, 0.25) is 5.91 Å². The molecule has 0 spiro atoms. The number of hydrogen-bond donors (Lipinski definition) is 3. The number of amides is 3. The topological polar surface area (TPSA) is 90.9 Å². The van der Waals surface area contributed by atoms with E-state index in [1.54, 1.807) is 4.90 Å². The van der Waals surface area contributed by atoms with Crippen molar-refractivity contribution in [3.63, 3.8) is 0 Å². The van der Waals surface area contributed by atoms with E-state index < -0.39 is 0 Å². The number of aliphatic hydroxyl groups is 1. The van der Waals surface area contributed by atoms with Gasteiger partial charge in [-0.25, -0.2) is 4.79 Å². The number of benzene rings is 1. The van der Waals surface area contributed by atoms with Crippen LogP contribution in [0, 0.1) is 0 Å². The summed E-state index contributed by atoms with van der Waals surface area (Å²) in [6, 6.07) is 8.88. The first-order valence-electron chi connectivity index (χ1n) is 7.29. The van der Waals surface area contributed by atoms with Crippen molar-refractivity contribution in [3.05, 3.63) is 30.3 Å². The Bertz CT molecular complexity index is 495. The number of para-hydroxylation sites is 1. The normalized spacial score (nSPS) is 17.6. The van der Waals surface area contributed by atoms with E-state index in [1.807, 2.05) is 30.3 Å². The van der Waals surface area contributed by atoms with Crippen LogP contribution in [-0.4, -0.2) is 56.0 Å². The number of nitrogens with zero attached hydrogens (tertiary/aromatic N) is 1. The minimum atomic E-state index is -0.319. The van der Waals surface area contributed by atoms with Gasteiger partial charge in [0.05, 0.1) is 25.9 Å². The van der Waals surface area contributed by atoms with Crippen LogP contribution in [0.5, 0.6) is 0 Å². The van der Waals surface area contributed by atoms with Crippen molar-refractivity contribution in [2.75, 3.05) is 37.8 Å². The number of ether oxygens (including phenoxy) is 1. The third kappa shape index (κ3) is 4.71. The van der Waals surface area contributed by atoms with Crippen LogP contribution in [0.1, 0.15) is 6.42 Å². The van der Waals surface area contributed by atoms with Crippen molar-refractivity contribution in [3.8, 4) is 0 Å². The van der Waals surface area contributed by atoms with Crippen LogP contribution >= 0.6 is 0 Å². The van der Waals surface area contributed by atoms with Gasteiger partial charge in [0.25, 0.3) is 0 Å². The minimum Gasteiger partial charge on any atom is -0.394 e. The van der Waals surface area contributed by atoms with Crippen molar-refractivity contribution < 1.29 is 19.4 Å². The highest BCUT2D eigenvalue weighted by molar-refractivity contribution is 5.96. The highest BCUT2D eigenvalue weighted by Gasteiger charge is 2.31. The Morgan fingerprint density at radius 1 is 1.32 bits per heavy atom. The number of carbonyl (C=O) groups excluding carboxylic acids is 2. The zero-order valence-corrected chi connectivity index (χ0v) is 12.3. The van der Waals surface area contributed by atoms with Crippen molar-refractivity contribution >= 4 is 17.6 Å². The van der Waals surface area contributed by atoms with Crippen molar-refractivity contribution in [2.45, 2.75) is 12.5 Å². The Balaban J connectivity index is 1.73. The lowest BCUT2D eigenvalue weighted by molar-refractivity contribution is -0.117. The molecule has 3 N–H and O–H groups in total. The molecule has 120 valence electrons. The van der Waals surface area contributed by atoms with Crippen LogP contribution in [0.2, 0.25) is 0 Å². The quantitative estimate of drug-likeness (QED) is 0.623. The average molecular weight is 307 g/mol. The molecule has 1 aromatic rings. The summed E-state index contributed by atoms with van der Waals surface area (Å²) in [5.41, 5.74) is 0.842. The zero-order chi connectivity index (χ0) is 15.8. The summed E-state index contributed by atoms with van der Waals surface area (Å²) in [5, 5.41) is 14.0. The number of nitrogens with one attached hydrogen (secondary N) is 2. The van der Waals surface area contributed by atoms with Gasteiger partial charge in [-0.05, 0) is 12.1 Å². The largest absolute Gasteiger partial charge is 0.394 e. The lowest BCUT2D eigenvalue weighted by Gasteiger charge is -2.17. The molecule has 22 heavy (non-hydrogen) atoms. The molecule has 1 aliphatic heterocycles. The van der Waals surface area contributed by atoms with E-state index in [4.69, 9.17) is 9.84 Å². The summed E-state index contributed by atoms with van der Waals surface area (Å²) in [4.78, 5) is 25.4. The fourth-order valence-electron chi connectivity index (χ4n) is 2.30. The van der Waals surface area contributed by atoms with Crippen LogP contribution in [0.4, 0.5) is 10.5 Å². The van der Waals surface area contributed by atoms with Gasteiger partial charge in [-0.1, -0.05) is 18.2 Å². The summed E-state index contributed by atoms with van der Waals surface area (Å²) in [5.74, 6) is 0.00257. The second-order valence-electron chi connectivity index (χ2n) is 4.98. The predicted octanol–water partition coefficient (Wildman–Crippen LogP) is 0.100. The molecule has 2 rings (SSSR count). The van der Waals surface area contributed by atoms with Crippen LogP contribution in [0.15, 0.2) is 30.3 Å². The van der Waals surface area contributed by atoms with Crippen molar-refractivity contribution in [1.29, 1.82) is 0 Å². The van der Waals surface area contributed by atoms with Crippen LogP contribution in [-0.2, 0) is 9.53 Å². The molecule has 0 aromatic heterocycles. The Kier molecular flexibility index (Phi) is 6.17. The van der Waals surface area contributed by atoms with E-state index in [0.717, 1.165) is 5.69 Å². The number of anilines is 1. The van der Waals surface area contributed by atoms with Gasteiger partial charge in [-0.3, -0.25) is 4.79 Å². The van der Waals surface area contributed by atoms with E-state index in [0.29, 0.717) is 26.1 Å². The Hall–Kier alpha value is -2.12. The maximum atomic E-state index is 12.0. The van der Waals surface area contributed by atoms with E-state index in [1.165, 1.54) is 0 Å². The average Bonchev–Trinajstić information content (AvgIpc) is 2.88. The Morgan fingerprint density at radius 2 is 2.09 bits per heavy atom. The molecule has 1 heterocycles. The number of carbonyl (C=O) groups is 2. The lowest BCUT2D eigenvalue weighted by Crippen LogP contribution is -2.44. The van der Waals surface area contributed by atoms with Gasteiger partial charge in [-0.15, -0.1) is 0 Å². The van der Waals surface area contributed by atoms with E-state index in [2.05, 4.69) is 10.6 Å². The van der Waals surface area contributed by atoms with Crippen LogP contribution < -0.4 is 15.5 Å². The van der Waals surface area contributed by atoms with E-state index >= 15 is 0 Å². The SMILES string of the molecule is O=C(NCCOCCO)NC1CC(=O)N(c2ccccc2)C1. The fraction of sp³-hybridized carbons (Fsp3) is 0.467. The second kappa shape index (κ2) is 8.35. The third-order valence-electron chi connectivity index (χ3n) is 3.30. The standard InChI is InChI=1S/C15H21N3O4/c19-7-9-22-8-6-16-15(21)17-12-10-14(20)18(11-12)13-4-2-1-3-5-13/h1-5,12,19H,6-11H2,(H2,16,17,21). The maximum Gasteiger partial charge on any atom is 0.315 e. The molecule has 7 heteroatoms. The zero-order valence-electron chi connectivity index (χ0n) is 12.3. The first-order valence-corrected chi connectivity index (χ1v) is 7.29. The predicted molar refractivity (Wildman–Crippen MR) is 81.6 cm³/mol. The maximum absolute atomic E-state index is 12.0. The van der Waals surface area contributed by atoms with Gasteiger partial charge in [0.1, 0.15) is 0 Å². The Labute approximate surface area is 129 Å². The molecule has 1 saturated heterocycles. The molecule has 0 radical (unpaired) electrons. The molecule has 0 saturated carbocycles. The molecule has 0 bridgehead atoms. The number of urea groups is 1. The summed E-state index contributed by atoms with van der Waals surface area (Å²) in [6.07, 6.45) is 0.295. The second-order valence-corrected chi connectivity index (χ2v) is 4.98. The molecular weight excluding hydrogens is 286 g/mol. The first-order chi connectivity index (χ1) is 10.7. The van der Waals surface area contributed by atoms with Crippen molar-refractivity contribution in [1.82, 2.24) is 10.6 Å². The fourth-order valence-corrected chi connectivity index (χ4v) is 2.30. The van der Waals surface area contributed by atoms with Crippen molar-refractivity contribution in [2.24, 2.45) is 0 Å². The number of aliphatic hydroxyl groups excluding tert-OH is 1. The van der Waals surface area contributed by atoms with Crippen LogP contribution in [0.3, 0.4) is 0 Å². The Morgan fingerprint density at radius 3 is 2.82 bits per heavy atom. The summed E-state index contributed by atoms with van der Waals surface area (Å²) >= 11 is 0. The molecule has 7 nitrogen and oxygen atoms in total. The number of hydrogen-bond acceptors (Lipinski definition) is 4. The van der Waals surface area contributed by atoms with Gasteiger partial charge in [0, 0.05) is 25.2 Å². The van der Waals surface area contributed by atoms with Gasteiger partial charge < -0.3 is 25.4 Å². The molecule has 1 aliphatic rings. The van der Waals surface area contributed by atoms with E-state index in [9.17, 15) is 9.59 Å². The molecule has 1 aromatic carbocycles. The smallest absolute Gasteiger partial charge is 0.315 e. The lowest BCUT2D eigenvalue weighted by atomic mass is 10.2. The van der Waals surface area contributed by atoms with Crippen LogP contribution in [0.25, 0.3) is 0 Å². The summed E-state index contributed by atoms with van der Waals surface area (Å²) in [7, 11) is 0. The van der Waals surface area contributed by atoms with Gasteiger partial charge in [0.15, 0.2) is 0 Å². The van der Waals surface area contributed by atoms with Gasteiger partial charge in [-0.2, -0.15) is 0 Å². The minimum absolute atomic E-state index is 0.00257. The molecule has 1 unspecified atom stereocenters. The summed E-state index contributed by atoms with van der Waals surface area (Å²) in [6.45, 7) is 1.39. The highest BCUT2D eigenvalue weighted by Crippen LogP contribution is 2.20. The van der Waals surface area contributed by atoms with E-state index in [-0.39, 0.29) is 31.2 Å². The highest BCUT2D eigenvalue weighted by atomic mass is 16.5. The molecular formula is C15H21N3O4. The number of rotatable bonds is 7.